The minimum absolute atomic E-state index is 0.122. The fraction of sp³-hybridized carbons (Fsp3) is 0.333. The van der Waals surface area contributed by atoms with E-state index in [0.29, 0.717) is 38.9 Å². The van der Waals surface area contributed by atoms with Crippen molar-refractivity contribution in [2.45, 2.75) is 32.9 Å². The zero-order valence-corrected chi connectivity index (χ0v) is 17.9. The molecule has 32 heavy (non-hydrogen) atoms. The molecule has 0 radical (unpaired) electrons. The molecule has 0 fully saturated rings. The number of ether oxygens (including phenoxy) is 2. The number of rotatable bonds is 12. The van der Waals surface area contributed by atoms with Crippen molar-refractivity contribution in [2.24, 2.45) is 0 Å². The second kappa shape index (κ2) is 12.1. The predicted molar refractivity (Wildman–Crippen MR) is 115 cm³/mol. The van der Waals surface area contributed by atoms with Crippen LogP contribution in [0.15, 0.2) is 53.1 Å². The number of carbonyl (C=O) groups is 1. The number of amides is 1. The van der Waals surface area contributed by atoms with Gasteiger partial charge in [-0.3, -0.25) is 4.79 Å². The first-order valence-electron chi connectivity index (χ1n) is 10.4. The number of halogens is 2. The highest BCUT2D eigenvalue weighted by Gasteiger charge is 2.13. The maximum absolute atomic E-state index is 13.9. The molecular weight excluding hydrogens is 418 g/mol. The summed E-state index contributed by atoms with van der Waals surface area (Å²) < 4.78 is 43.2. The van der Waals surface area contributed by atoms with Gasteiger partial charge in [-0.05, 0) is 30.2 Å². The van der Waals surface area contributed by atoms with Crippen molar-refractivity contribution in [3.8, 4) is 11.3 Å². The van der Waals surface area contributed by atoms with Crippen LogP contribution >= 0.6 is 0 Å². The summed E-state index contributed by atoms with van der Waals surface area (Å²) in [5.74, 6) is -1.05. The lowest BCUT2D eigenvalue weighted by Gasteiger charge is -2.08. The van der Waals surface area contributed by atoms with E-state index in [1.807, 2.05) is 31.2 Å². The van der Waals surface area contributed by atoms with Gasteiger partial charge in [-0.1, -0.05) is 24.3 Å². The van der Waals surface area contributed by atoms with Gasteiger partial charge in [0.05, 0.1) is 31.6 Å². The summed E-state index contributed by atoms with van der Waals surface area (Å²) in [5, 5.41) is 2.86. The molecule has 1 aromatic heterocycles. The van der Waals surface area contributed by atoms with Crippen molar-refractivity contribution < 1.29 is 27.5 Å². The average molecular weight is 444 g/mol. The Hall–Kier alpha value is -3.10. The summed E-state index contributed by atoms with van der Waals surface area (Å²) in [7, 11) is 0. The maximum atomic E-state index is 13.9. The molecule has 0 unspecified atom stereocenters. The summed E-state index contributed by atoms with van der Waals surface area (Å²) in [6, 6.07) is 11.0. The van der Waals surface area contributed by atoms with E-state index in [2.05, 4.69) is 10.3 Å². The van der Waals surface area contributed by atoms with Crippen LogP contribution in [0, 0.1) is 11.6 Å². The van der Waals surface area contributed by atoms with Crippen LogP contribution in [0.2, 0.25) is 0 Å². The highest BCUT2D eigenvalue weighted by molar-refractivity contribution is 5.76. The highest BCUT2D eigenvalue weighted by atomic mass is 19.1. The van der Waals surface area contributed by atoms with Crippen molar-refractivity contribution in [3.63, 3.8) is 0 Å². The summed E-state index contributed by atoms with van der Waals surface area (Å²) in [5.41, 5.74) is 2.11. The third-order valence-corrected chi connectivity index (χ3v) is 4.64. The number of nitrogens with one attached hydrogen (secondary N) is 1. The van der Waals surface area contributed by atoms with E-state index in [-0.39, 0.29) is 30.1 Å². The topological polar surface area (TPSA) is 73.6 Å². The molecular formula is C24H26F2N2O4. The second-order valence-electron chi connectivity index (χ2n) is 7.09. The Morgan fingerprint density at radius 1 is 1.09 bits per heavy atom. The number of hydrogen-bond donors (Lipinski definition) is 1. The first-order valence-corrected chi connectivity index (χ1v) is 10.4. The largest absolute Gasteiger partial charge is 0.441 e. The van der Waals surface area contributed by atoms with Crippen LogP contribution in [0.25, 0.3) is 11.3 Å². The van der Waals surface area contributed by atoms with Gasteiger partial charge in [0, 0.05) is 32.1 Å². The van der Waals surface area contributed by atoms with Crippen molar-refractivity contribution in [1.82, 2.24) is 10.3 Å². The Morgan fingerprint density at radius 3 is 2.72 bits per heavy atom. The van der Waals surface area contributed by atoms with Gasteiger partial charge in [-0.15, -0.1) is 0 Å². The van der Waals surface area contributed by atoms with Crippen molar-refractivity contribution >= 4 is 5.91 Å². The molecule has 1 amide bonds. The Kier molecular flexibility index (Phi) is 8.89. The number of benzene rings is 2. The maximum Gasteiger partial charge on any atom is 0.220 e. The van der Waals surface area contributed by atoms with Gasteiger partial charge in [-0.2, -0.15) is 0 Å². The van der Waals surface area contributed by atoms with Gasteiger partial charge < -0.3 is 19.2 Å². The third-order valence-electron chi connectivity index (χ3n) is 4.64. The zero-order chi connectivity index (χ0) is 22.8. The molecule has 1 N–H and O–H groups in total. The van der Waals surface area contributed by atoms with E-state index in [0.717, 1.165) is 23.3 Å². The van der Waals surface area contributed by atoms with E-state index in [4.69, 9.17) is 13.9 Å². The number of aryl methyl sites for hydroxylation is 1. The lowest BCUT2D eigenvalue weighted by Crippen LogP contribution is -2.23. The quantitative estimate of drug-likeness (QED) is 0.419. The second-order valence-corrected chi connectivity index (χ2v) is 7.09. The van der Waals surface area contributed by atoms with Crippen LogP contribution in [-0.4, -0.2) is 30.7 Å². The van der Waals surface area contributed by atoms with Crippen molar-refractivity contribution in [1.29, 1.82) is 0 Å². The lowest BCUT2D eigenvalue weighted by atomic mass is 10.1. The molecule has 1 heterocycles. The number of aromatic nitrogens is 1. The molecule has 0 atom stereocenters. The Balaban J connectivity index is 1.43. The monoisotopic (exact) mass is 444 g/mol. The van der Waals surface area contributed by atoms with Crippen LogP contribution in [0.3, 0.4) is 0 Å². The highest BCUT2D eigenvalue weighted by Crippen LogP contribution is 2.24. The van der Waals surface area contributed by atoms with Crippen LogP contribution in [0.4, 0.5) is 8.78 Å². The average Bonchev–Trinajstić information content (AvgIpc) is 3.25. The van der Waals surface area contributed by atoms with Gasteiger partial charge in [0.15, 0.2) is 11.7 Å². The van der Waals surface area contributed by atoms with Gasteiger partial charge in [0.1, 0.15) is 11.6 Å². The lowest BCUT2D eigenvalue weighted by molar-refractivity contribution is -0.121. The molecule has 3 rings (SSSR count). The van der Waals surface area contributed by atoms with Crippen LogP contribution in [0.5, 0.6) is 0 Å². The number of carbonyl (C=O) groups excluding carboxylic acids is 1. The fourth-order valence-electron chi connectivity index (χ4n) is 3.03. The predicted octanol–water partition coefficient (Wildman–Crippen LogP) is 4.42. The normalized spacial score (nSPS) is 11.0. The molecule has 0 saturated carbocycles. The minimum Gasteiger partial charge on any atom is -0.441 e. The van der Waals surface area contributed by atoms with E-state index < -0.39 is 11.6 Å². The van der Waals surface area contributed by atoms with Crippen LogP contribution in [-0.2, 0) is 33.8 Å². The minimum atomic E-state index is -0.729. The summed E-state index contributed by atoms with van der Waals surface area (Å²) in [6.07, 6.45) is 1.81. The molecule has 170 valence electrons. The first kappa shape index (κ1) is 23.6. The molecule has 3 aromatic rings. The SMILES string of the molecule is CCOCCOCc1cccc(CNC(=O)CCc2ncc(-c3ccc(F)cc3F)o2)c1. The van der Waals surface area contributed by atoms with Crippen molar-refractivity contribution in [2.75, 3.05) is 19.8 Å². The molecule has 0 spiro atoms. The Morgan fingerprint density at radius 2 is 1.91 bits per heavy atom. The molecule has 0 aliphatic carbocycles. The smallest absolute Gasteiger partial charge is 0.220 e. The van der Waals surface area contributed by atoms with Gasteiger partial charge >= 0.3 is 0 Å². The molecule has 6 nitrogen and oxygen atoms in total. The number of oxazole rings is 1. The van der Waals surface area contributed by atoms with E-state index in [9.17, 15) is 13.6 Å². The summed E-state index contributed by atoms with van der Waals surface area (Å²) >= 11 is 0. The molecule has 0 bridgehead atoms. The van der Waals surface area contributed by atoms with Crippen molar-refractivity contribution in [3.05, 3.63) is 77.3 Å². The zero-order valence-electron chi connectivity index (χ0n) is 17.9. The van der Waals surface area contributed by atoms with Crippen LogP contribution < -0.4 is 5.32 Å². The number of nitrogens with zero attached hydrogens (tertiary/aromatic N) is 1. The summed E-state index contributed by atoms with van der Waals surface area (Å²) in [4.78, 5) is 16.3. The van der Waals surface area contributed by atoms with E-state index in [1.165, 1.54) is 12.3 Å². The third kappa shape index (κ3) is 7.25. The molecule has 2 aromatic carbocycles. The molecule has 0 aliphatic heterocycles. The van der Waals surface area contributed by atoms with E-state index >= 15 is 0 Å². The molecule has 8 heteroatoms. The van der Waals surface area contributed by atoms with Gasteiger partial charge in [-0.25, -0.2) is 13.8 Å². The Bertz CT molecular complexity index is 1020. The fourth-order valence-corrected chi connectivity index (χ4v) is 3.03. The molecule has 0 saturated heterocycles. The standard InChI is InChI=1S/C24H26F2N2O4/c1-2-30-10-11-31-16-18-5-3-4-17(12-18)14-27-23(29)8-9-24-28-15-22(32-24)20-7-6-19(25)13-21(20)26/h3-7,12-13,15H,2,8-11,14,16H2,1H3,(H,27,29). The number of hydrogen-bond acceptors (Lipinski definition) is 5. The van der Waals surface area contributed by atoms with E-state index in [1.54, 1.807) is 0 Å². The van der Waals surface area contributed by atoms with Gasteiger partial charge in [0.2, 0.25) is 5.91 Å². The molecule has 0 aliphatic rings. The van der Waals surface area contributed by atoms with Gasteiger partial charge in [0.25, 0.3) is 0 Å². The Labute approximate surface area is 185 Å². The van der Waals surface area contributed by atoms with Crippen LogP contribution in [0.1, 0.15) is 30.4 Å². The summed E-state index contributed by atoms with van der Waals surface area (Å²) in [6.45, 7) is 4.58. The first-order chi connectivity index (χ1) is 15.5.